The number of carbonyl (C=O) groups is 1. The van der Waals surface area contributed by atoms with Crippen LogP contribution in [0.4, 0.5) is 0 Å². The normalized spacial score (nSPS) is 9.95. The first-order valence-electron chi connectivity index (χ1n) is 5.87. The Balaban J connectivity index is 0.00000200. The Morgan fingerprint density at radius 3 is 2.50 bits per heavy atom. The quantitative estimate of drug-likeness (QED) is 0.453. The summed E-state index contributed by atoms with van der Waals surface area (Å²) in [6.07, 6.45) is 0. The molecule has 1 heterocycles. The van der Waals surface area contributed by atoms with Crippen LogP contribution in [0.25, 0.3) is 0 Å². The summed E-state index contributed by atoms with van der Waals surface area (Å²) in [5.74, 6) is 0.594. The minimum atomic E-state index is 0. The highest BCUT2D eigenvalue weighted by Gasteiger charge is 2.15. The van der Waals surface area contributed by atoms with Gasteiger partial charge in [-0.05, 0) is 44.2 Å². The molecular formula is C15H14BrClOS2. The van der Waals surface area contributed by atoms with E-state index in [9.17, 15) is 4.79 Å². The molecule has 0 fully saturated rings. The molecule has 0 unspecified atom stereocenters. The summed E-state index contributed by atoms with van der Waals surface area (Å²) in [5.41, 5.74) is 3.21. The third-order valence-electron chi connectivity index (χ3n) is 2.62. The zero-order valence-corrected chi connectivity index (χ0v) is 15.1. The summed E-state index contributed by atoms with van der Waals surface area (Å²) in [6, 6.07) is 9.19. The average molecular weight is 390 g/mol. The number of halogens is 2. The van der Waals surface area contributed by atoms with E-state index in [4.69, 9.17) is 11.6 Å². The Morgan fingerprint density at radius 1 is 1.25 bits per heavy atom. The van der Waals surface area contributed by atoms with E-state index in [-0.39, 0.29) is 22.8 Å². The van der Waals surface area contributed by atoms with Gasteiger partial charge in [-0.1, -0.05) is 23.4 Å². The van der Waals surface area contributed by atoms with Gasteiger partial charge in [-0.2, -0.15) is 0 Å². The number of carbonyl (C=O) groups excluding carboxylic acids is 1. The van der Waals surface area contributed by atoms with Crippen molar-refractivity contribution >= 4 is 40.5 Å². The van der Waals surface area contributed by atoms with Gasteiger partial charge in [0.1, 0.15) is 0 Å². The minimum absolute atomic E-state index is 0. The molecule has 106 valence electrons. The van der Waals surface area contributed by atoms with Crippen molar-refractivity contribution in [3.05, 3.63) is 57.4 Å². The number of thioether (sulfide) groups is 1. The Kier molecular flexibility index (Phi) is 7.17. The Bertz CT molecular complexity index is 599. The Morgan fingerprint density at radius 2 is 1.90 bits per heavy atom. The van der Waals surface area contributed by atoms with Gasteiger partial charge in [0.15, 0.2) is 11.2 Å². The summed E-state index contributed by atoms with van der Waals surface area (Å²) >= 11 is 9.10. The fourth-order valence-corrected chi connectivity index (χ4v) is 3.71. The van der Waals surface area contributed by atoms with Crippen molar-refractivity contribution in [2.75, 3.05) is 5.75 Å². The average Bonchev–Trinajstić information content (AvgIpc) is 2.38. The van der Waals surface area contributed by atoms with Crippen LogP contribution in [0.2, 0.25) is 5.02 Å². The molecule has 2 aromatic rings. The molecule has 0 aliphatic carbocycles. The summed E-state index contributed by atoms with van der Waals surface area (Å²) in [5, 5.41) is 2.77. The molecule has 0 aliphatic rings. The second kappa shape index (κ2) is 8.13. The monoisotopic (exact) mass is 388 g/mol. The molecule has 0 bridgehead atoms. The number of Topliss-reactive ketones (excluding diaryl/α,β-unsaturated/α-hetero) is 1. The molecule has 5 heteroatoms. The van der Waals surface area contributed by atoms with Crippen LogP contribution in [0.1, 0.15) is 21.5 Å². The van der Waals surface area contributed by atoms with Crippen molar-refractivity contribution in [1.29, 1.82) is 0 Å². The fourth-order valence-electron chi connectivity index (χ4n) is 1.67. The van der Waals surface area contributed by atoms with Crippen LogP contribution >= 0.6 is 34.7 Å². The third-order valence-corrected chi connectivity index (χ3v) is 5.53. The maximum Gasteiger partial charge on any atom is 0.267 e. The first kappa shape index (κ1) is 17.6. The molecule has 0 aliphatic heterocycles. The van der Waals surface area contributed by atoms with Crippen molar-refractivity contribution in [3.63, 3.8) is 0 Å². The zero-order chi connectivity index (χ0) is 13.8. The molecule has 0 spiro atoms. The molecule has 20 heavy (non-hydrogen) atoms. The fraction of sp³-hybridized carbons (Fsp3) is 0.200. The van der Waals surface area contributed by atoms with Crippen molar-refractivity contribution in [1.82, 2.24) is 0 Å². The highest BCUT2D eigenvalue weighted by Crippen LogP contribution is 2.28. The zero-order valence-electron chi connectivity index (χ0n) is 11.2. The smallest absolute Gasteiger partial charge is 0.267 e. The number of hydrogen-bond acceptors (Lipinski definition) is 2. The number of hydrogen-bond donors (Lipinski definition) is 0. The summed E-state index contributed by atoms with van der Waals surface area (Å²) < 4.78 is 1.20. The van der Waals surface area contributed by atoms with Crippen LogP contribution in [-0.2, 0) is 0 Å². The van der Waals surface area contributed by atoms with Gasteiger partial charge in [0, 0.05) is 21.7 Å². The van der Waals surface area contributed by atoms with E-state index in [2.05, 4.69) is 25.3 Å². The number of aryl methyl sites for hydroxylation is 2. The molecule has 0 atom stereocenters. The summed E-state index contributed by atoms with van der Waals surface area (Å²) in [7, 11) is 0. The van der Waals surface area contributed by atoms with Gasteiger partial charge in [-0.3, -0.25) is 4.79 Å². The number of benzene rings is 1. The predicted octanol–water partition coefficient (Wildman–Crippen LogP) is 2.28. The second-order valence-corrected chi connectivity index (χ2v) is 6.87. The topological polar surface area (TPSA) is 17.1 Å². The van der Waals surface area contributed by atoms with Gasteiger partial charge in [0.2, 0.25) is 11.3 Å². The van der Waals surface area contributed by atoms with Crippen LogP contribution < -0.4 is 17.0 Å². The van der Waals surface area contributed by atoms with Crippen molar-refractivity contribution in [2.45, 2.75) is 18.1 Å². The predicted molar refractivity (Wildman–Crippen MR) is 84.7 cm³/mol. The summed E-state index contributed by atoms with van der Waals surface area (Å²) in [4.78, 5) is 12.0. The first-order valence-corrected chi connectivity index (χ1v) is 8.11. The molecule has 0 amide bonds. The van der Waals surface area contributed by atoms with Gasteiger partial charge in [-0.25, -0.2) is 0 Å². The van der Waals surface area contributed by atoms with Gasteiger partial charge >= 0.3 is 0 Å². The van der Waals surface area contributed by atoms with Crippen molar-refractivity contribution in [3.8, 4) is 0 Å². The lowest BCUT2D eigenvalue weighted by Crippen LogP contribution is -3.00. The van der Waals surface area contributed by atoms with Crippen molar-refractivity contribution in [2.24, 2.45) is 0 Å². The van der Waals surface area contributed by atoms with Crippen molar-refractivity contribution < 1.29 is 21.8 Å². The standard InChI is InChI=1S/C15H14ClOS2.BrH/c1-10-7-11(2)15(18-8-10)19-9-14(17)12-3-5-13(16)6-4-12;/h3-8H,9H2,1-2H3;1H/q+1;/p-1. The van der Waals surface area contributed by atoms with E-state index >= 15 is 0 Å². The third kappa shape index (κ3) is 4.85. The largest absolute Gasteiger partial charge is 1.00 e. The highest BCUT2D eigenvalue weighted by molar-refractivity contribution is 8.01. The molecule has 0 saturated heterocycles. The SMILES string of the molecule is Cc1c[s+]c(SCC(=O)c2ccc(Cl)cc2)c(C)c1.[Br-]. The molecule has 0 radical (unpaired) electrons. The van der Waals surface area contributed by atoms with E-state index < -0.39 is 0 Å². The maximum atomic E-state index is 12.0. The Labute approximate surface area is 143 Å². The molecule has 0 N–H and O–H groups in total. The number of ketones is 1. The van der Waals surface area contributed by atoms with E-state index in [0.717, 1.165) is 0 Å². The molecule has 2 rings (SSSR count). The Hall–Kier alpha value is -0.420. The first-order chi connectivity index (χ1) is 9.06. The molecule has 1 aromatic carbocycles. The lowest BCUT2D eigenvalue weighted by Gasteiger charge is -2.00. The van der Waals surface area contributed by atoms with Crippen LogP contribution in [0.15, 0.2) is 39.9 Å². The maximum absolute atomic E-state index is 12.0. The van der Waals surface area contributed by atoms with Crippen LogP contribution in [0.3, 0.4) is 0 Å². The van der Waals surface area contributed by atoms with Gasteiger partial charge in [0.25, 0.3) is 4.21 Å². The van der Waals surface area contributed by atoms with Crippen LogP contribution in [0.5, 0.6) is 0 Å². The number of rotatable bonds is 4. The molecule has 0 saturated carbocycles. The lowest BCUT2D eigenvalue weighted by molar-refractivity contribution is -0.0000116. The van der Waals surface area contributed by atoms with E-state index in [1.165, 1.54) is 15.3 Å². The molecular weight excluding hydrogens is 376 g/mol. The summed E-state index contributed by atoms with van der Waals surface area (Å²) in [6.45, 7) is 4.16. The minimum Gasteiger partial charge on any atom is -1.00 e. The van der Waals surface area contributed by atoms with E-state index in [0.29, 0.717) is 16.3 Å². The second-order valence-electron chi connectivity index (χ2n) is 4.31. The van der Waals surface area contributed by atoms with Crippen LogP contribution in [-0.4, -0.2) is 11.5 Å². The lowest BCUT2D eigenvalue weighted by atomic mass is 10.1. The van der Waals surface area contributed by atoms with Gasteiger partial charge in [-0.15, -0.1) is 0 Å². The molecule has 1 aromatic heterocycles. The van der Waals surface area contributed by atoms with Gasteiger partial charge in [0.05, 0.1) is 5.75 Å². The van der Waals surface area contributed by atoms with E-state index in [1.807, 2.05) is 0 Å². The van der Waals surface area contributed by atoms with E-state index in [1.54, 1.807) is 47.4 Å². The highest BCUT2D eigenvalue weighted by atomic mass is 79.9. The molecule has 1 nitrogen and oxygen atoms in total. The van der Waals surface area contributed by atoms with Crippen LogP contribution in [0, 0.1) is 13.8 Å². The van der Waals surface area contributed by atoms with Gasteiger partial charge < -0.3 is 17.0 Å².